The van der Waals surface area contributed by atoms with E-state index in [9.17, 15) is 15.0 Å². The molecule has 0 saturated heterocycles. The Bertz CT molecular complexity index is 687. The summed E-state index contributed by atoms with van der Waals surface area (Å²) >= 11 is 0. The Morgan fingerprint density at radius 3 is 2.67 bits per heavy atom. The SMILES string of the molecule is CCCCOC1CC[C@@]2(C)C(=CC[C@@H]3[C@@H]2CC[C@@]2(C)[C@H]3CC[C@]2(O)CCC(=O)O)C1. The Kier molecular flexibility index (Phi) is 6.13. The number of rotatable bonds is 7. The molecule has 4 nitrogen and oxygen atoms in total. The normalized spacial score (nSPS) is 45.3. The van der Waals surface area contributed by atoms with Gasteiger partial charge in [0, 0.05) is 13.0 Å². The van der Waals surface area contributed by atoms with Crippen molar-refractivity contribution in [2.75, 3.05) is 6.61 Å². The van der Waals surface area contributed by atoms with Gasteiger partial charge in [-0.25, -0.2) is 0 Å². The molecule has 3 fully saturated rings. The Morgan fingerprint density at radius 1 is 1.17 bits per heavy atom. The number of aliphatic carboxylic acids is 1. The third kappa shape index (κ3) is 3.56. The maximum atomic E-state index is 11.5. The third-order valence-electron chi connectivity index (χ3n) is 9.98. The number of aliphatic hydroxyl groups is 1. The average molecular weight is 419 g/mol. The van der Waals surface area contributed by atoms with Crippen LogP contribution in [-0.2, 0) is 9.53 Å². The smallest absolute Gasteiger partial charge is 0.303 e. The molecule has 4 rings (SSSR count). The Morgan fingerprint density at radius 2 is 1.93 bits per heavy atom. The summed E-state index contributed by atoms with van der Waals surface area (Å²) in [6, 6.07) is 0. The molecule has 0 aromatic rings. The first-order valence-electron chi connectivity index (χ1n) is 12.5. The standard InChI is InChI=1S/C26H42O4/c1-4-5-16-30-19-8-12-24(2)18(17-19)6-7-20-21(24)9-13-25(3)22(20)10-14-26(25,29)15-11-23(27)28/h6,19-22,29H,4-5,7-17H2,1-3H3,(H,27,28)/t19?,20-,21+,22+,24+,25+,26+/m1/s1. The predicted octanol–water partition coefficient (Wildman–Crippen LogP) is 5.73. The van der Waals surface area contributed by atoms with Crippen LogP contribution in [0.15, 0.2) is 11.6 Å². The molecule has 4 heteroatoms. The topological polar surface area (TPSA) is 66.8 Å². The van der Waals surface area contributed by atoms with E-state index >= 15 is 0 Å². The molecule has 0 radical (unpaired) electrons. The molecule has 0 aliphatic heterocycles. The average Bonchev–Trinajstić information content (AvgIpc) is 2.98. The number of hydrogen-bond donors (Lipinski definition) is 2. The minimum atomic E-state index is -0.809. The molecule has 0 bridgehead atoms. The first kappa shape index (κ1) is 22.3. The van der Waals surface area contributed by atoms with Crippen molar-refractivity contribution in [1.82, 2.24) is 0 Å². The second-order valence-electron chi connectivity index (χ2n) is 11.3. The number of carboxylic acid groups (broad SMARTS) is 1. The molecular formula is C26H42O4. The van der Waals surface area contributed by atoms with E-state index < -0.39 is 11.6 Å². The van der Waals surface area contributed by atoms with E-state index in [4.69, 9.17) is 4.74 Å². The number of fused-ring (bicyclic) bond motifs is 5. The molecule has 2 N–H and O–H groups in total. The van der Waals surface area contributed by atoms with E-state index in [0.717, 1.165) is 45.1 Å². The van der Waals surface area contributed by atoms with E-state index in [-0.39, 0.29) is 17.3 Å². The predicted molar refractivity (Wildman–Crippen MR) is 118 cm³/mol. The molecule has 0 spiro atoms. The first-order chi connectivity index (χ1) is 14.2. The fourth-order valence-corrected chi connectivity index (χ4v) is 8.00. The highest BCUT2D eigenvalue weighted by atomic mass is 16.5. The van der Waals surface area contributed by atoms with Gasteiger partial charge in [-0.1, -0.05) is 38.8 Å². The molecule has 170 valence electrons. The van der Waals surface area contributed by atoms with Crippen molar-refractivity contribution < 1.29 is 19.7 Å². The molecule has 0 amide bonds. The number of allylic oxidation sites excluding steroid dienone is 1. The van der Waals surface area contributed by atoms with Crippen molar-refractivity contribution in [1.29, 1.82) is 0 Å². The first-order valence-corrected chi connectivity index (χ1v) is 12.5. The molecule has 0 aromatic heterocycles. The summed E-state index contributed by atoms with van der Waals surface area (Å²) < 4.78 is 6.19. The van der Waals surface area contributed by atoms with E-state index in [2.05, 4.69) is 26.8 Å². The zero-order valence-corrected chi connectivity index (χ0v) is 19.3. The van der Waals surface area contributed by atoms with Gasteiger partial charge >= 0.3 is 5.97 Å². The zero-order chi connectivity index (χ0) is 21.6. The monoisotopic (exact) mass is 418 g/mol. The summed E-state index contributed by atoms with van der Waals surface area (Å²) in [4.78, 5) is 11.2. The van der Waals surface area contributed by atoms with Crippen LogP contribution in [0.1, 0.15) is 97.8 Å². The summed E-state index contributed by atoms with van der Waals surface area (Å²) in [6.45, 7) is 7.88. The largest absolute Gasteiger partial charge is 0.481 e. The van der Waals surface area contributed by atoms with Gasteiger partial charge < -0.3 is 14.9 Å². The number of ether oxygens (including phenoxy) is 1. The Balaban J connectivity index is 1.50. The van der Waals surface area contributed by atoms with Crippen LogP contribution in [-0.4, -0.2) is 34.5 Å². The van der Waals surface area contributed by atoms with Gasteiger partial charge in [-0.05, 0) is 92.8 Å². The maximum Gasteiger partial charge on any atom is 0.303 e. The van der Waals surface area contributed by atoms with Crippen LogP contribution < -0.4 is 0 Å². The highest BCUT2D eigenvalue weighted by Crippen LogP contribution is 2.67. The van der Waals surface area contributed by atoms with Gasteiger partial charge in [0.2, 0.25) is 0 Å². The van der Waals surface area contributed by atoms with Crippen LogP contribution in [0.4, 0.5) is 0 Å². The van der Waals surface area contributed by atoms with E-state index in [1.54, 1.807) is 5.57 Å². The molecule has 0 heterocycles. The molecule has 4 aliphatic carbocycles. The lowest BCUT2D eigenvalue weighted by Gasteiger charge is -2.59. The summed E-state index contributed by atoms with van der Waals surface area (Å²) in [5, 5.41) is 20.7. The van der Waals surface area contributed by atoms with Crippen LogP contribution in [0.3, 0.4) is 0 Å². The van der Waals surface area contributed by atoms with Crippen LogP contribution in [0.2, 0.25) is 0 Å². The van der Waals surface area contributed by atoms with Crippen LogP contribution in [0.5, 0.6) is 0 Å². The Hall–Kier alpha value is -0.870. The molecule has 1 unspecified atom stereocenters. The molecule has 4 aliphatic rings. The molecule has 30 heavy (non-hydrogen) atoms. The molecule has 3 saturated carbocycles. The second-order valence-corrected chi connectivity index (χ2v) is 11.3. The van der Waals surface area contributed by atoms with Crippen LogP contribution in [0.25, 0.3) is 0 Å². The molecular weight excluding hydrogens is 376 g/mol. The highest BCUT2D eigenvalue weighted by molar-refractivity contribution is 5.66. The summed E-state index contributed by atoms with van der Waals surface area (Å²) in [6.07, 6.45) is 14.4. The number of hydrogen-bond acceptors (Lipinski definition) is 3. The van der Waals surface area contributed by atoms with E-state index in [0.29, 0.717) is 30.3 Å². The van der Waals surface area contributed by atoms with Crippen molar-refractivity contribution in [3.63, 3.8) is 0 Å². The lowest BCUT2D eigenvalue weighted by atomic mass is 9.47. The quantitative estimate of drug-likeness (QED) is 0.409. The second kappa shape index (κ2) is 8.24. The van der Waals surface area contributed by atoms with Crippen molar-refractivity contribution in [2.24, 2.45) is 28.6 Å². The third-order valence-corrected chi connectivity index (χ3v) is 9.98. The van der Waals surface area contributed by atoms with E-state index in [1.807, 2.05) is 0 Å². The van der Waals surface area contributed by atoms with Crippen LogP contribution in [0, 0.1) is 28.6 Å². The fraction of sp³-hybridized carbons (Fsp3) is 0.885. The van der Waals surface area contributed by atoms with Crippen LogP contribution >= 0.6 is 0 Å². The van der Waals surface area contributed by atoms with Gasteiger partial charge in [-0.3, -0.25) is 4.79 Å². The number of unbranched alkanes of at least 4 members (excludes halogenated alkanes) is 1. The van der Waals surface area contributed by atoms with Gasteiger partial charge in [0.05, 0.1) is 11.7 Å². The molecule has 7 atom stereocenters. The lowest BCUT2D eigenvalue weighted by Crippen LogP contribution is -2.54. The minimum Gasteiger partial charge on any atom is -0.481 e. The van der Waals surface area contributed by atoms with Gasteiger partial charge in [-0.2, -0.15) is 0 Å². The molecule has 0 aromatic carbocycles. The minimum absolute atomic E-state index is 0.0775. The van der Waals surface area contributed by atoms with Gasteiger partial charge in [0.1, 0.15) is 0 Å². The van der Waals surface area contributed by atoms with Gasteiger partial charge in [0.25, 0.3) is 0 Å². The van der Waals surface area contributed by atoms with Crippen molar-refractivity contribution in [3.8, 4) is 0 Å². The summed E-state index contributed by atoms with van der Waals surface area (Å²) in [5.41, 5.74) is 0.985. The van der Waals surface area contributed by atoms with Crippen molar-refractivity contribution >= 4 is 5.97 Å². The van der Waals surface area contributed by atoms with Crippen molar-refractivity contribution in [3.05, 3.63) is 11.6 Å². The fourth-order valence-electron chi connectivity index (χ4n) is 8.00. The van der Waals surface area contributed by atoms with Gasteiger partial charge in [0.15, 0.2) is 0 Å². The number of carbonyl (C=O) groups is 1. The van der Waals surface area contributed by atoms with Gasteiger partial charge in [-0.15, -0.1) is 0 Å². The maximum absolute atomic E-state index is 11.5. The summed E-state index contributed by atoms with van der Waals surface area (Å²) in [5.74, 6) is 1.06. The lowest BCUT2D eigenvalue weighted by molar-refractivity contribution is -0.146. The highest BCUT2D eigenvalue weighted by Gasteiger charge is 2.63. The number of carboxylic acids is 1. The summed E-state index contributed by atoms with van der Waals surface area (Å²) in [7, 11) is 0. The van der Waals surface area contributed by atoms with E-state index in [1.165, 1.54) is 25.7 Å². The zero-order valence-electron chi connectivity index (χ0n) is 19.3. The van der Waals surface area contributed by atoms with Crippen molar-refractivity contribution in [2.45, 2.75) is 110 Å². The Labute approximate surface area is 182 Å².